The summed E-state index contributed by atoms with van der Waals surface area (Å²) in [4.78, 5) is 13.1. The van der Waals surface area contributed by atoms with E-state index in [2.05, 4.69) is 15.6 Å². The number of hydrogen-bond donors (Lipinski definition) is 1. The molecule has 0 radical (unpaired) electrons. The van der Waals surface area contributed by atoms with E-state index in [0.29, 0.717) is 16.8 Å². The van der Waals surface area contributed by atoms with Gasteiger partial charge in [-0.2, -0.15) is 0 Å². The molecule has 0 aliphatic carbocycles. The summed E-state index contributed by atoms with van der Waals surface area (Å²) in [6.07, 6.45) is 0. The predicted molar refractivity (Wildman–Crippen MR) is 57.8 cm³/mol. The molecule has 6 nitrogen and oxygen atoms in total. The van der Waals surface area contributed by atoms with E-state index >= 15 is 0 Å². The molecule has 1 unspecified atom stereocenters. The summed E-state index contributed by atoms with van der Waals surface area (Å²) in [5.74, 6) is 0. The number of alkyl halides is 1. The highest BCUT2D eigenvalue weighted by molar-refractivity contribution is 7.15. The Balaban J connectivity index is 2.20. The Morgan fingerprint density at radius 1 is 1.60 bits per heavy atom. The Morgan fingerprint density at radius 3 is 2.80 bits per heavy atom. The zero-order valence-corrected chi connectivity index (χ0v) is 9.84. The number of urea groups is 1. The van der Waals surface area contributed by atoms with Crippen LogP contribution in [0.1, 0.15) is 17.3 Å². The summed E-state index contributed by atoms with van der Waals surface area (Å²) in [6, 6.07) is -0.139. The molecule has 15 heavy (non-hydrogen) atoms. The van der Waals surface area contributed by atoms with Crippen LogP contribution >= 0.6 is 22.9 Å². The molecular weight excluding hydrogens is 238 g/mol. The molecule has 1 saturated heterocycles. The van der Waals surface area contributed by atoms with Gasteiger partial charge in [0.15, 0.2) is 0 Å². The quantitative estimate of drug-likeness (QED) is 0.797. The number of halogens is 1. The van der Waals surface area contributed by atoms with Crippen LogP contribution < -0.4 is 10.3 Å². The summed E-state index contributed by atoms with van der Waals surface area (Å²) in [6.45, 7) is 2.24. The third-order valence-corrected chi connectivity index (χ3v) is 3.45. The molecule has 0 saturated carbocycles. The molecule has 82 valence electrons. The normalized spacial score (nSPS) is 18.7. The van der Waals surface area contributed by atoms with Crippen molar-refractivity contribution < 1.29 is 4.79 Å². The minimum absolute atomic E-state index is 0.139. The van der Waals surface area contributed by atoms with E-state index in [0.717, 1.165) is 0 Å². The molecule has 2 heterocycles. The molecule has 0 spiro atoms. The Bertz CT molecular complexity index is 381. The minimum Gasteiger partial charge on any atom is -0.261 e. The maximum Gasteiger partial charge on any atom is 0.341 e. The van der Waals surface area contributed by atoms with Crippen LogP contribution in [0.15, 0.2) is 0 Å². The van der Waals surface area contributed by atoms with Crippen molar-refractivity contribution in [1.29, 1.82) is 0 Å². The van der Waals surface area contributed by atoms with Gasteiger partial charge in [-0.25, -0.2) is 10.2 Å². The molecule has 0 aromatic carbocycles. The van der Waals surface area contributed by atoms with Crippen molar-refractivity contribution >= 4 is 34.1 Å². The van der Waals surface area contributed by atoms with Gasteiger partial charge in [-0.15, -0.1) is 21.8 Å². The van der Waals surface area contributed by atoms with Crippen molar-refractivity contribution in [2.24, 2.45) is 0 Å². The lowest BCUT2D eigenvalue weighted by Crippen LogP contribution is -2.31. The van der Waals surface area contributed by atoms with Crippen LogP contribution in [0.25, 0.3) is 0 Å². The van der Waals surface area contributed by atoms with Crippen molar-refractivity contribution in [2.45, 2.75) is 12.3 Å². The van der Waals surface area contributed by atoms with Gasteiger partial charge in [0.25, 0.3) is 0 Å². The van der Waals surface area contributed by atoms with Crippen LogP contribution in [0.3, 0.4) is 0 Å². The number of nitrogens with zero attached hydrogens (tertiary/aromatic N) is 4. The number of hydrazine groups is 1. The van der Waals surface area contributed by atoms with Crippen molar-refractivity contribution in [2.75, 3.05) is 18.6 Å². The van der Waals surface area contributed by atoms with Gasteiger partial charge in [-0.3, -0.25) is 9.91 Å². The van der Waals surface area contributed by atoms with Gasteiger partial charge >= 0.3 is 6.03 Å². The second-order valence-corrected chi connectivity index (χ2v) is 4.77. The molecule has 1 aliphatic rings. The first-order chi connectivity index (χ1) is 7.09. The number of aromatic nitrogens is 2. The zero-order valence-electron chi connectivity index (χ0n) is 8.27. The van der Waals surface area contributed by atoms with E-state index in [1.165, 1.54) is 21.2 Å². The van der Waals surface area contributed by atoms with Crippen LogP contribution in [0.2, 0.25) is 0 Å². The van der Waals surface area contributed by atoms with E-state index < -0.39 is 0 Å². The van der Waals surface area contributed by atoms with Gasteiger partial charge in [0.2, 0.25) is 5.13 Å². The summed E-state index contributed by atoms with van der Waals surface area (Å²) in [7, 11) is 1.66. The van der Waals surface area contributed by atoms with E-state index in [-0.39, 0.29) is 11.4 Å². The van der Waals surface area contributed by atoms with Gasteiger partial charge in [0.1, 0.15) is 5.01 Å². The lowest BCUT2D eigenvalue weighted by molar-refractivity contribution is 0.217. The van der Waals surface area contributed by atoms with Crippen molar-refractivity contribution in [3.8, 4) is 0 Å². The van der Waals surface area contributed by atoms with Gasteiger partial charge in [0.05, 0.1) is 12.0 Å². The monoisotopic (exact) mass is 247 g/mol. The number of carbonyl (C=O) groups is 1. The second kappa shape index (κ2) is 3.92. The highest BCUT2D eigenvalue weighted by Gasteiger charge is 2.29. The molecule has 1 atom stereocenters. The smallest absolute Gasteiger partial charge is 0.261 e. The molecule has 1 aromatic heterocycles. The summed E-state index contributed by atoms with van der Waals surface area (Å²) in [5, 5.41) is 10.4. The number of hydrogen-bond acceptors (Lipinski definition) is 5. The maximum absolute atomic E-state index is 11.6. The second-order valence-electron chi connectivity index (χ2n) is 3.12. The highest BCUT2D eigenvalue weighted by atomic mass is 35.5. The third-order valence-electron chi connectivity index (χ3n) is 1.98. The van der Waals surface area contributed by atoms with Crippen LogP contribution in [0, 0.1) is 0 Å². The summed E-state index contributed by atoms with van der Waals surface area (Å²) in [5.41, 5.74) is 2.87. The van der Waals surface area contributed by atoms with Gasteiger partial charge in [-0.1, -0.05) is 11.3 Å². The SMILES string of the molecule is CC(Cl)c1nnc(N2CNN(C)C2=O)s1. The fraction of sp³-hybridized carbons (Fsp3) is 0.571. The Kier molecular flexibility index (Phi) is 2.76. The molecule has 1 fully saturated rings. The Hall–Kier alpha value is -0.920. The van der Waals surface area contributed by atoms with Gasteiger partial charge < -0.3 is 0 Å². The van der Waals surface area contributed by atoms with Crippen molar-refractivity contribution in [3.05, 3.63) is 5.01 Å². The first-order valence-electron chi connectivity index (χ1n) is 4.36. The van der Waals surface area contributed by atoms with E-state index in [1.54, 1.807) is 7.05 Å². The number of anilines is 1. The van der Waals surface area contributed by atoms with Crippen LogP contribution in [-0.2, 0) is 0 Å². The molecule has 8 heteroatoms. The largest absolute Gasteiger partial charge is 0.341 e. The molecule has 1 N–H and O–H groups in total. The topological polar surface area (TPSA) is 61.4 Å². The average Bonchev–Trinajstić information content (AvgIpc) is 2.76. The van der Waals surface area contributed by atoms with E-state index in [9.17, 15) is 4.79 Å². The van der Waals surface area contributed by atoms with Gasteiger partial charge in [0, 0.05) is 7.05 Å². The van der Waals surface area contributed by atoms with Crippen molar-refractivity contribution in [1.82, 2.24) is 20.6 Å². The van der Waals surface area contributed by atoms with Gasteiger partial charge in [-0.05, 0) is 6.92 Å². The highest BCUT2D eigenvalue weighted by Crippen LogP contribution is 2.28. The zero-order chi connectivity index (χ0) is 11.0. The fourth-order valence-corrected chi connectivity index (χ4v) is 2.08. The molecule has 2 amide bonds. The third kappa shape index (κ3) is 1.90. The lowest BCUT2D eigenvalue weighted by atomic mass is 10.5. The summed E-state index contributed by atoms with van der Waals surface area (Å²) < 4.78 is 0. The first-order valence-corrected chi connectivity index (χ1v) is 5.61. The number of amides is 2. The van der Waals surface area contributed by atoms with Crippen molar-refractivity contribution in [3.63, 3.8) is 0 Å². The van der Waals surface area contributed by atoms with E-state index in [1.807, 2.05) is 6.92 Å². The lowest BCUT2D eigenvalue weighted by Gasteiger charge is -2.09. The minimum atomic E-state index is -0.181. The Morgan fingerprint density at radius 2 is 2.33 bits per heavy atom. The van der Waals surface area contributed by atoms with Crippen LogP contribution in [0.4, 0.5) is 9.93 Å². The molecule has 2 rings (SSSR count). The predicted octanol–water partition coefficient (Wildman–Crippen LogP) is 1.17. The van der Waals surface area contributed by atoms with Crippen LogP contribution in [0.5, 0.6) is 0 Å². The number of nitrogens with one attached hydrogen (secondary N) is 1. The maximum atomic E-state index is 11.6. The molecule has 1 aliphatic heterocycles. The first kappa shape index (κ1) is 10.6. The standard InChI is InChI=1S/C7H10ClN5OS/c1-4(8)5-10-11-6(15-5)13-3-9-12(2)7(13)14/h4,9H,3H2,1-2H3. The molecular formula is C7H10ClN5OS. The van der Waals surface area contributed by atoms with E-state index in [4.69, 9.17) is 11.6 Å². The average molecular weight is 248 g/mol. The molecule has 0 bridgehead atoms. The fourth-order valence-electron chi connectivity index (χ4n) is 1.14. The molecule has 1 aromatic rings. The Labute approximate surface area is 95.8 Å². The summed E-state index contributed by atoms with van der Waals surface area (Å²) >= 11 is 7.19. The van der Waals surface area contributed by atoms with Crippen LogP contribution in [-0.4, -0.2) is 35.0 Å². The number of carbonyl (C=O) groups excluding carboxylic acids is 1. The number of rotatable bonds is 2.